The van der Waals surface area contributed by atoms with Gasteiger partial charge < -0.3 is 20.4 Å². The lowest BCUT2D eigenvalue weighted by Crippen LogP contribution is -2.26. The average molecular weight is 540 g/mol. The molecule has 0 bridgehead atoms. The predicted molar refractivity (Wildman–Crippen MR) is 125 cm³/mol. The van der Waals surface area contributed by atoms with Crippen molar-refractivity contribution < 1.29 is 40.3 Å². The van der Waals surface area contributed by atoms with Crippen molar-refractivity contribution >= 4 is 23.2 Å². The summed E-state index contributed by atoms with van der Waals surface area (Å²) < 4.78 is 85.5. The number of nitrogens with zero attached hydrogens (tertiary/aromatic N) is 1. The number of halogens is 6. The highest BCUT2D eigenvalue weighted by Gasteiger charge is 2.37. The number of hydrogen-bond acceptors (Lipinski definition) is 5. The van der Waals surface area contributed by atoms with E-state index < -0.39 is 35.1 Å². The van der Waals surface area contributed by atoms with E-state index in [2.05, 4.69) is 20.9 Å². The van der Waals surface area contributed by atoms with Crippen LogP contribution in [0.3, 0.4) is 0 Å². The molecule has 13 heteroatoms. The molecule has 7 nitrogen and oxygen atoms in total. The summed E-state index contributed by atoms with van der Waals surface area (Å²) in [6.45, 7) is 2.69. The third kappa shape index (κ3) is 6.33. The lowest BCUT2D eigenvalue weighted by atomic mass is 9.98. The highest BCUT2D eigenvalue weighted by Crippen LogP contribution is 2.38. The van der Waals surface area contributed by atoms with Gasteiger partial charge in [0.1, 0.15) is 0 Å². The van der Waals surface area contributed by atoms with E-state index in [1.165, 1.54) is 6.92 Å². The monoisotopic (exact) mass is 540 g/mol. The van der Waals surface area contributed by atoms with E-state index in [0.717, 1.165) is 0 Å². The summed E-state index contributed by atoms with van der Waals surface area (Å²) in [5, 5.41) is 7.89. The van der Waals surface area contributed by atoms with Crippen LogP contribution in [0.2, 0.25) is 0 Å². The van der Waals surface area contributed by atoms with E-state index in [9.17, 15) is 35.9 Å². The molecule has 0 saturated carbocycles. The molecular formula is C25H22F6N4O3. The number of piperidine rings is 1. The van der Waals surface area contributed by atoms with Crippen molar-refractivity contribution in [1.29, 1.82) is 0 Å². The van der Waals surface area contributed by atoms with E-state index >= 15 is 0 Å². The van der Waals surface area contributed by atoms with E-state index in [1.807, 2.05) is 0 Å². The molecule has 0 aliphatic carbocycles. The molecule has 1 aliphatic rings. The van der Waals surface area contributed by atoms with E-state index in [0.29, 0.717) is 49.3 Å². The van der Waals surface area contributed by atoms with Crippen molar-refractivity contribution in [2.75, 3.05) is 23.7 Å². The first-order valence-corrected chi connectivity index (χ1v) is 11.5. The number of carbonyl (C=O) groups is 2. The number of alkyl halides is 6. The highest BCUT2D eigenvalue weighted by atomic mass is 19.4. The number of rotatable bonds is 5. The fourth-order valence-electron chi connectivity index (χ4n) is 4.06. The zero-order valence-electron chi connectivity index (χ0n) is 19.9. The Morgan fingerprint density at radius 1 is 0.895 bits per heavy atom. The van der Waals surface area contributed by atoms with Crippen LogP contribution >= 0.6 is 0 Å². The fourth-order valence-corrected chi connectivity index (χ4v) is 4.06. The van der Waals surface area contributed by atoms with Crippen LogP contribution in [0.1, 0.15) is 53.2 Å². The second kappa shape index (κ2) is 10.5. The topological polar surface area (TPSA) is 96.3 Å². The number of carbonyl (C=O) groups excluding carboxylic acids is 2. The molecule has 0 unspecified atom stereocenters. The molecule has 1 aromatic heterocycles. The first-order valence-electron chi connectivity index (χ1n) is 11.5. The minimum Gasteiger partial charge on any atom is -0.440 e. The number of anilines is 2. The summed E-state index contributed by atoms with van der Waals surface area (Å²) in [4.78, 5) is 28.8. The minimum absolute atomic E-state index is 0.00608. The summed E-state index contributed by atoms with van der Waals surface area (Å²) in [5.74, 6) is -1.25. The van der Waals surface area contributed by atoms with Crippen LogP contribution in [0, 0.1) is 0 Å². The van der Waals surface area contributed by atoms with Crippen LogP contribution in [0.15, 0.2) is 46.9 Å². The lowest BCUT2D eigenvalue weighted by Gasteiger charge is -2.19. The third-order valence-electron chi connectivity index (χ3n) is 5.86. The molecule has 2 amide bonds. The van der Waals surface area contributed by atoms with Gasteiger partial charge in [-0.25, -0.2) is 4.98 Å². The van der Waals surface area contributed by atoms with Gasteiger partial charge in [0.05, 0.1) is 11.1 Å². The molecule has 38 heavy (non-hydrogen) atoms. The van der Waals surface area contributed by atoms with Crippen molar-refractivity contribution in [1.82, 2.24) is 10.3 Å². The van der Waals surface area contributed by atoms with Gasteiger partial charge >= 0.3 is 12.4 Å². The molecule has 2 heterocycles. The maximum absolute atomic E-state index is 13.3. The summed E-state index contributed by atoms with van der Waals surface area (Å²) in [6.07, 6.45) is -8.83. The second-order valence-electron chi connectivity index (χ2n) is 8.76. The maximum Gasteiger partial charge on any atom is 0.416 e. The molecule has 202 valence electrons. The number of aromatic nitrogens is 1. The normalized spacial score (nSPS) is 14.8. The standard InChI is InChI=1S/C25H22F6N4O3/c1-13(36)33-18-4-2-14(3-5-18)21-20(35-23(38-21)15-6-8-32-9-7-15)22(37)34-19-11-16(24(26,27)28)10-17(12-19)25(29,30)31/h2-5,10-12,15,32H,6-9H2,1H3,(H,33,36)(H,34,37). The summed E-state index contributed by atoms with van der Waals surface area (Å²) in [7, 11) is 0. The molecule has 2 aromatic carbocycles. The smallest absolute Gasteiger partial charge is 0.416 e. The van der Waals surface area contributed by atoms with Gasteiger partial charge in [0.25, 0.3) is 5.91 Å². The lowest BCUT2D eigenvalue weighted by molar-refractivity contribution is -0.143. The summed E-state index contributed by atoms with van der Waals surface area (Å²) in [6, 6.07) is 7.00. The van der Waals surface area contributed by atoms with Gasteiger partial charge in [-0.2, -0.15) is 26.3 Å². The van der Waals surface area contributed by atoms with Crippen molar-refractivity contribution in [3.8, 4) is 11.3 Å². The SMILES string of the molecule is CC(=O)Nc1ccc(-c2oc(C3CCNCC3)nc2C(=O)Nc2cc(C(F)(F)F)cc(C(F)(F)F)c2)cc1. The number of oxazole rings is 1. The number of benzene rings is 2. The summed E-state index contributed by atoms with van der Waals surface area (Å²) >= 11 is 0. The molecule has 3 N–H and O–H groups in total. The maximum atomic E-state index is 13.3. The van der Waals surface area contributed by atoms with Crippen LogP contribution in [0.25, 0.3) is 11.3 Å². The molecule has 3 aromatic rings. The third-order valence-corrected chi connectivity index (χ3v) is 5.86. The predicted octanol–water partition coefficient (Wildman–Crippen LogP) is 6.06. The first kappa shape index (κ1) is 27.2. The van der Waals surface area contributed by atoms with Crippen LogP contribution < -0.4 is 16.0 Å². The quantitative estimate of drug-likeness (QED) is 0.342. The van der Waals surface area contributed by atoms with Crippen LogP contribution in [0.5, 0.6) is 0 Å². The Morgan fingerprint density at radius 2 is 1.47 bits per heavy atom. The van der Waals surface area contributed by atoms with Gasteiger partial charge in [-0.15, -0.1) is 0 Å². The molecule has 0 atom stereocenters. The van der Waals surface area contributed by atoms with Crippen LogP contribution in [0.4, 0.5) is 37.7 Å². The van der Waals surface area contributed by atoms with E-state index in [1.54, 1.807) is 24.3 Å². The van der Waals surface area contributed by atoms with Crippen molar-refractivity contribution in [3.63, 3.8) is 0 Å². The molecule has 1 aliphatic heterocycles. The molecule has 0 radical (unpaired) electrons. The highest BCUT2D eigenvalue weighted by molar-refractivity contribution is 6.06. The Bertz CT molecular complexity index is 1290. The Hall–Kier alpha value is -3.87. The van der Waals surface area contributed by atoms with Gasteiger partial charge in [-0.3, -0.25) is 9.59 Å². The number of nitrogens with one attached hydrogen (secondary N) is 3. The zero-order chi connectivity index (χ0) is 27.7. The van der Waals surface area contributed by atoms with Crippen molar-refractivity contribution in [2.45, 2.75) is 38.0 Å². The Morgan fingerprint density at radius 3 is 2.00 bits per heavy atom. The largest absolute Gasteiger partial charge is 0.440 e. The van der Waals surface area contributed by atoms with Crippen molar-refractivity contribution in [2.24, 2.45) is 0 Å². The van der Waals surface area contributed by atoms with Gasteiger partial charge in [0.15, 0.2) is 17.3 Å². The minimum atomic E-state index is -5.07. The molecular weight excluding hydrogens is 518 g/mol. The Balaban J connectivity index is 1.72. The van der Waals surface area contributed by atoms with Gasteiger partial charge in [0.2, 0.25) is 5.91 Å². The second-order valence-corrected chi connectivity index (χ2v) is 8.76. The van der Waals surface area contributed by atoms with E-state index in [4.69, 9.17) is 4.42 Å². The average Bonchev–Trinajstić information content (AvgIpc) is 3.29. The summed E-state index contributed by atoms with van der Waals surface area (Å²) in [5.41, 5.74) is -3.28. The van der Waals surface area contributed by atoms with Crippen molar-refractivity contribution in [3.05, 3.63) is 65.2 Å². The molecule has 1 fully saturated rings. The Kier molecular flexibility index (Phi) is 7.49. The zero-order valence-corrected chi connectivity index (χ0v) is 19.9. The van der Waals surface area contributed by atoms with Gasteiger partial charge in [-0.1, -0.05) is 0 Å². The van der Waals surface area contributed by atoms with E-state index in [-0.39, 0.29) is 35.2 Å². The number of hydrogen-bond donors (Lipinski definition) is 3. The number of amides is 2. The first-order chi connectivity index (χ1) is 17.8. The van der Waals surface area contributed by atoms with Crippen LogP contribution in [-0.4, -0.2) is 29.9 Å². The van der Waals surface area contributed by atoms with Crippen LogP contribution in [-0.2, 0) is 17.1 Å². The fraction of sp³-hybridized carbons (Fsp3) is 0.320. The van der Waals surface area contributed by atoms with Gasteiger partial charge in [-0.05, 0) is 68.4 Å². The Labute approximate surface area is 212 Å². The van der Waals surface area contributed by atoms with Gasteiger partial charge in [0, 0.05) is 29.8 Å². The molecule has 1 saturated heterocycles. The molecule has 4 rings (SSSR count). The molecule has 0 spiro atoms.